The Hall–Kier alpha value is -2.43. The summed E-state index contributed by atoms with van der Waals surface area (Å²) < 4.78 is 0. The summed E-state index contributed by atoms with van der Waals surface area (Å²) in [6.45, 7) is 4.63. The van der Waals surface area contributed by atoms with Crippen LogP contribution in [0.2, 0.25) is 0 Å². The molecule has 1 aliphatic heterocycles. The summed E-state index contributed by atoms with van der Waals surface area (Å²) in [5, 5.41) is 2.82. The van der Waals surface area contributed by atoms with Crippen molar-refractivity contribution in [1.29, 1.82) is 0 Å². The molecule has 1 aromatic rings. The van der Waals surface area contributed by atoms with Gasteiger partial charge in [0.15, 0.2) is 0 Å². The molecule has 1 N–H and O–H groups in total. The zero-order chi connectivity index (χ0) is 18.7. The van der Waals surface area contributed by atoms with Crippen LogP contribution >= 0.6 is 0 Å². The van der Waals surface area contributed by atoms with Gasteiger partial charge in [-0.3, -0.25) is 19.3 Å². The van der Waals surface area contributed by atoms with Gasteiger partial charge in [0, 0.05) is 6.54 Å². The standard InChI is InChI=1S/C21H26N2O3/c1-14(2)16-9-7-15(8-10-16)11-12-22-19(24)13-23-20(25)17-5-3-4-6-18(17)21(23)26/h3-4,7-10,14,17-18H,5-6,11-13H2,1-2H3,(H,22,24)/t17-,18+. The van der Waals surface area contributed by atoms with E-state index in [4.69, 9.17) is 0 Å². The molecular weight excluding hydrogens is 328 g/mol. The highest BCUT2D eigenvalue weighted by atomic mass is 16.2. The summed E-state index contributed by atoms with van der Waals surface area (Å²) >= 11 is 0. The van der Waals surface area contributed by atoms with Crippen molar-refractivity contribution in [2.75, 3.05) is 13.1 Å². The van der Waals surface area contributed by atoms with E-state index in [1.54, 1.807) is 0 Å². The fourth-order valence-corrected chi connectivity index (χ4v) is 3.64. The highest BCUT2D eigenvalue weighted by Crippen LogP contribution is 2.34. The van der Waals surface area contributed by atoms with Gasteiger partial charge in [-0.15, -0.1) is 0 Å². The molecule has 0 spiro atoms. The van der Waals surface area contributed by atoms with E-state index in [-0.39, 0.29) is 36.1 Å². The van der Waals surface area contributed by atoms with Crippen molar-refractivity contribution >= 4 is 17.7 Å². The number of benzene rings is 1. The minimum Gasteiger partial charge on any atom is -0.354 e. The molecule has 3 amide bonds. The fraction of sp³-hybridized carbons (Fsp3) is 0.476. The molecule has 1 heterocycles. The van der Waals surface area contributed by atoms with Crippen LogP contribution in [0.15, 0.2) is 36.4 Å². The van der Waals surface area contributed by atoms with E-state index in [2.05, 4.69) is 43.4 Å². The van der Waals surface area contributed by atoms with Crippen LogP contribution < -0.4 is 5.32 Å². The smallest absolute Gasteiger partial charge is 0.240 e. The Morgan fingerprint density at radius 3 is 2.19 bits per heavy atom. The summed E-state index contributed by atoms with van der Waals surface area (Å²) in [7, 11) is 0. The lowest BCUT2D eigenvalue weighted by atomic mass is 9.85. The molecule has 3 rings (SSSR count). The van der Waals surface area contributed by atoms with Gasteiger partial charge in [-0.1, -0.05) is 50.3 Å². The van der Waals surface area contributed by atoms with Crippen molar-refractivity contribution in [2.45, 2.75) is 39.0 Å². The normalized spacial score (nSPS) is 22.0. The van der Waals surface area contributed by atoms with Crippen LogP contribution in [-0.4, -0.2) is 35.7 Å². The lowest BCUT2D eigenvalue weighted by molar-refractivity contribution is -0.143. The summed E-state index contributed by atoms with van der Waals surface area (Å²) in [6.07, 6.45) is 5.81. The Balaban J connectivity index is 1.47. The number of hydrogen-bond acceptors (Lipinski definition) is 3. The Bertz CT molecular complexity index is 695. The minimum atomic E-state index is -0.280. The van der Waals surface area contributed by atoms with Gasteiger partial charge < -0.3 is 5.32 Å². The molecule has 5 heteroatoms. The molecule has 1 aliphatic carbocycles. The van der Waals surface area contributed by atoms with Crippen LogP contribution in [0.4, 0.5) is 0 Å². The van der Waals surface area contributed by atoms with Crippen molar-refractivity contribution in [3.8, 4) is 0 Å². The van der Waals surface area contributed by atoms with Crippen molar-refractivity contribution in [3.05, 3.63) is 47.5 Å². The first-order chi connectivity index (χ1) is 12.5. The topological polar surface area (TPSA) is 66.5 Å². The van der Waals surface area contributed by atoms with E-state index >= 15 is 0 Å². The first-order valence-corrected chi connectivity index (χ1v) is 9.33. The third kappa shape index (κ3) is 3.87. The van der Waals surface area contributed by atoms with Crippen molar-refractivity contribution in [2.24, 2.45) is 11.8 Å². The van der Waals surface area contributed by atoms with Gasteiger partial charge in [0.05, 0.1) is 11.8 Å². The molecule has 0 unspecified atom stereocenters. The summed E-state index contributed by atoms with van der Waals surface area (Å²) in [6, 6.07) is 8.37. The number of carbonyl (C=O) groups excluding carboxylic acids is 3. The highest BCUT2D eigenvalue weighted by molar-refractivity contribution is 6.07. The van der Waals surface area contributed by atoms with Gasteiger partial charge in [0.25, 0.3) is 0 Å². The molecular formula is C21H26N2O3. The van der Waals surface area contributed by atoms with Gasteiger partial charge >= 0.3 is 0 Å². The molecule has 5 nitrogen and oxygen atoms in total. The lowest BCUT2D eigenvalue weighted by Crippen LogP contribution is -2.41. The number of likely N-dealkylation sites (tertiary alicyclic amines) is 1. The number of imide groups is 1. The van der Waals surface area contributed by atoms with E-state index < -0.39 is 0 Å². The monoisotopic (exact) mass is 354 g/mol. The molecule has 138 valence electrons. The summed E-state index contributed by atoms with van der Waals surface area (Å²) in [5.74, 6) is -0.748. The third-order valence-electron chi connectivity index (χ3n) is 5.28. The average molecular weight is 354 g/mol. The van der Waals surface area contributed by atoms with E-state index in [1.807, 2.05) is 12.2 Å². The number of amides is 3. The van der Waals surface area contributed by atoms with Crippen LogP contribution in [0.25, 0.3) is 0 Å². The minimum absolute atomic E-state index is 0.170. The Morgan fingerprint density at radius 1 is 1.08 bits per heavy atom. The Morgan fingerprint density at radius 2 is 1.65 bits per heavy atom. The molecule has 0 aromatic heterocycles. The zero-order valence-electron chi connectivity index (χ0n) is 15.4. The molecule has 26 heavy (non-hydrogen) atoms. The van der Waals surface area contributed by atoms with E-state index in [1.165, 1.54) is 5.56 Å². The number of carbonyl (C=O) groups is 3. The third-order valence-corrected chi connectivity index (χ3v) is 5.28. The molecule has 1 fully saturated rings. The average Bonchev–Trinajstić information content (AvgIpc) is 2.87. The Kier molecular flexibility index (Phi) is 5.55. The first-order valence-electron chi connectivity index (χ1n) is 9.33. The van der Waals surface area contributed by atoms with Crippen LogP contribution in [0.3, 0.4) is 0 Å². The fourth-order valence-electron chi connectivity index (χ4n) is 3.64. The zero-order valence-corrected chi connectivity index (χ0v) is 15.4. The summed E-state index contributed by atoms with van der Waals surface area (Å²) in [5.41, 5.74) is 2.44. The van der Waals surface area contributed by atoms with Crippen LogP contribution in [0, 0.1) is 11.8 Å². The van der Waals surface area contributed by atoms with Crippen molar-refractivity contribution in [3.63, 3.8) is 0 Å². The first kappa shape index (κ1) is 18.4. The quantitative estimate of drug-likeness (QED) is 0.630. The number of nitrogens with zero attached hydrogens (tertiary/aromatic N) is 1. The highest BCUT2D eigenvalue weighted by Gasteiger charge is 2.47. The molecule has 0 radical (unpaired) electrons. The SMILES string of the molecule is CC(C)c1ccc(CCNC(=O)CN2C(=O)[C@H]3CC=CC[C@H]3C2=O)cc1. The predicted molar refractivity (Wildman–Crippen MR) is 99.3 cm³/mol. The number of nitrogens with one attached hydrogen (secondary N) is 1. The number of fused-ring (bicyclic) bond motifs is 1. The second kappa shape index (κ2) is 7.85. The van der Waals surface area contributed by atoms with Crippen molar-refractivity contribution in [1.82, 2.24) is 10.2 Å². The molecule has 2 aliphatic rings. The van der Waals surface area contributed by atoms with Crippen LogP contribution in [0.1, 0.15) is 43.7 Å². The van der Waals surface area contributed by atoms with Gasteiger partial charge in [0.2, 0.25) is 17.7 Å². The van der Waals surface area contributed by atoms with Gasteiger partial charge in [-0.05, 0) is 36.3 Å². The molecule has 2 atom stereocenters. The maximum absolute atomic E-state index is 12.4. The van der Waals surface area contributed by atoms with Crippen LogP contribution in [-0.2, 0) is 20.8 Å². The molecule has 1 saturated heterocycles. The predicted octanol–water partition coefficient (Wildman–Crippen LogP) is 2.42. The molecule has 0 saturated carbocycles. The maximum Gasteiger partial charge on any atom is 0.240 e. The largest absolute Gasteiger partial charge is 0.354 e. The Labute approximate surface area is 154 Å². The van der Waals surface area contributed by atoms with Crippen LogP contribution in [0.5, 0.6) is 0 Å². The van der Waals surface area contributed by atoms with Gasteiger partial charge in [-0.25, -0.2) is 0 Å². The second-order valence-electron chi connectivity index (χ2n) is 7.41. The lowest BCUT2D eigenvalue weighted by Gasteiger charge is -2.14. The van der Waals surface area contributed by atoms with Gasteiger partial charge in [0.1, 0.15) is 6.54 Å². The maximum atomic E-state index is 12.4. The van der Waals surface area contributed by atoms with Gasteiger partial charge in [-0.2, -0.15) is 0 Å². The number of rotatable bonds is 6. The van der Waals surface area contributed by atoms with E-state index in [9.17, 15) is 14.4 Å². The number of allylic oxidation sites excluding steroid dienone is 2. The summed E-state index contributed by atoms with van der Waals surface area (Å²) in [4.78, 5) is 38.0. The van der Waals surface area contributed by atoms with E-state index in [0.717, 1.165) is 16.9 Å². The number of hydrogen-bond donors (Lipinski definition) is 1. The second-order valence-corrected chi connectivity index (χ2v) is 7.41. The molecule has 0 bridgehead atoms. The van der Waals surface area contributed by atoms with E-state index in [0.29, 0.717) is 25.3 Å². The molecule has 1 aromatic carbocycles. The van der Waals surface area contributed by atoms with Crippen molar-refractivity contribution < 1.29 is 14.4 Å².